The van der Waals surface area contributed by atoms with E-state index >= 15 is 0 Å². The maximum absolute atomic E-state index is 5.84. The lowest BCUT2D eigenvalue weighted by atomic mass is 10.0. The summed E-state index contributed by atoms with van der Waals surface area (Å²) < 4.78 is 8.77. The van der Waals surface area contributed by atoms with Crippen LogP contribution in [-0.2, 0) is 11.8 Å². The molecule has 17 heavy (non-hydrogen) atoms. The van der Waals surface area contributed by atoms with Gasteiger partial charge in [0.05, 0.1) is 28.5 Å². The van der Waals surface area contributed by atoms with Gasteiger partial charge in [0.25, 0.3) is 0 Å². The quantitative estimate of drug-likeness (QED) is 0.842. The van der Waals surface area contributed by atoms with Crippen LogP contribution in [0.4, 0.5) is 0 Å². The number of aryl methyl sites for hydroxylation is 1. The number of hydrogen-bond acceptors (Lipinski definition) is 3. The monoisotopic (exact) mass is 303 g/mol. The number of likely N-dealkylation sites (N-methyl/N-ethyl adjacent to an activating group) is 1. The van der Waals surface area contributed by atoms with Gasteiger partial charge in [-0.1, -0.05) is 13.3 Å². The molecule has 2 atom stereocenters. The number of hydrogen-bond donors (Lipinski definition) is 1. The first kappa shape index (κ1) is 14.7. The Labute approximate surface area is 112 Å². The van der Waals surface area contributed by atoms with Gasteiger partial charge in [0.15, 0.2) is 0 Å². The minimum atomic E-state index is 0.164. The van der Waals surface area contributed by atoms with Crippen molar-refractivity contribution in [1.29, 1.82) is 0 Å². The van der Waals surface area contributed by atoms with Crippen molar-refractivity contribution in [3.63, 3.8) is 0 Å². The van der Waals surface area contributed by atoms with Gasteiger partial charge in [0.2, 0.25) is 0 Å². The Morgan fingerprint density at radius 3 is 2.65 bits per heavy atom. The Hall–Kier alpha value is -0.390. The number of halogens is 1. The highest BCUT2D eigenvalue weighted by atomic mass is 79.9. The van der Waals surface area contributed by atoms with Crippen molar-refractivity contribution in [2.75, 3.05) is 13.7 Å². The zero-order valence-corrected chi connectivity index (χ0v) is 12.6. The average molecular weight is 304 g/mol. The molecule has 0 aliphatic heterocycles. The summed E-state index contributed by atoms with van der Waals surface area (Å²) in [4.78, 5) is 0. The smallest absolute Gasteiger partial charge is 0.0785 e. The second-order valence-corrected chi connectivity index (χ2v) is 4.90. The lowest BCUT2D eigenvalue weighted by molar-refractivity contribution is 0.0274. The highest BCUT2D eigenvalue weighted by Gasteiger charge is 2.26. The van der Waals surface area contributed by atoms with Gasteiger partial charge >= 0.3 is 0 Å². The molecule has 98 valence electrons. The van der Waals surface area contributed by atoms with E-state index in [0.29, 0.717) is 0 Å². The van der Waals surface area contributed by atoms with E-state index in [1.54, 1.807) is 0 Å². The zero-order valence-electron chi connectivity index (χ0n) is 11.0. The lowest BCUT2D eigenvalue weighted by Gasteiger charge is -2.27. The van der Waals surface area contributed by atoms with E-state index < -0.39 is 0 Å². The van der Waals surface area contributed by atoms with Crippen LogP contribution in [0.15, 0.2) is 10.7 Å². The normalized spacial score (nSPS) is 14.9. The third-order valence-electron chi connectivity index (χ3n) is 2.87. The molecule has 0 saturated heterocycles. The fraction of sp³-hybridized carbons (Fsp3) is 0.750. The van der Waals surface area contributed by atoms with Crippen LogP contribution in [0.5, 0.6) is 0 Å². The first-order chi connectivity index (χ1) is 8.15. The Kier molecular flexibility index (Phi) is 6.16. The number of nitrogens with one attached hydrogen (secondary N) is 1. The van der Waals surface area contributed by atoms with E-state index in [4.69, 9.17) is 4.74 Å². The SMILES string of the molecule is CCCC(OCC)C(NC)c1c(Br)cnn1C. The van der Waals surface area contributed by atoms with Crippen LogP contribution in [0.2, 0.25) is 0 Å². The van der Waals surface area contributed by atoms with Gasteiger partial charge in [0.1, 0.15) is 0 Å². The predicted octanol–water partition coefficient (Wildman–Crippen LogP) is 2.65. The Bertz CT molecular complexity index is 315. The Balaban J connectivity index is 2.95. The molecule has 0 saturated carbocycles. The highest BCUT2D eigenvalue weighted by Crippen LogP contribution is 2.28. The highest BCUT2D eigenvalue weighted by molar-refractivity contribution is 9.10. The van der Waals surface area contributed by atoms with E-state index in [9.17, 15) is 0 Å². The molecule has 1 aromatic rings. The van der Waals surface area contributed by atoms with Crippen LogP contribution in [0.25, 0.3) is 0 Å². The summed E-state index contributed by atoms with van der Waals surface area (Å²) in [6, 6.07) is 0.164. The third-order valence-corrected chi connectivity index (χ3v) is 3.48. The van der Waals surface area contributed by atoms with Crippen molar-refractivity contribution >= 4 is 15.9 Å². The van der Waals surface area contributed by atoms with Gasteiger partial charge in [0, 0.05) is 13.7 Å². The number of aromatic nitrogens is 2. The maximum Gasteiger partial charge on any atom is 0.0785 e. The summed E-state index contributed by atoms with van der Waals surface area (Å²) in [5, 5.41) is 7.60. The van der Waals surface area contributed by atoms with E-state index in [1.807, 2.05) is 31.9 Å². The molecule has 0 amide bonds. The first-order valence-corrected chi connectivity index (χ1v) is 6.91. The van der Waals surface area contributed by atoms with Crippen molar-refractivity contribution < 1.29 is 4.74 Å². The van der Waals surface area contributed by atoms with Gasteiger partial charge in [-0.3, -0.25) is 4.68 Å². The van der Waals surface area contributed by atoms with Crippen molar-refractivity contribution in [2.24, 2.45) is 7.05 Å². The second kappa shape index (κ2) is 7.13. The molecular weight excluding hydrogens is 282 g/mol. The van der Waals surface area contributed by atoms with Gasteiger partial charge in [-0.25, -0.2) is 0 Å². The summed E-state index contributed by atoms with van der Waals surface area (Å²) in [7, 11) is 3.92. The minimum Gasteiger partial charge on any atom is -0.376 e. The maximum atomic E-state index is 5.84. The first-order valence-electron chi connectivity index (χ1n) is 6.11. The standard InChI is InChI=1S/C12H22BrN3O/c1-5-7-10(17-6-2)11(14-3)12-9(13)8-15-16(12)4/h8,10-11,14H,5-7H2,1-4H3. The molecule has 2 unspecified atom stereocenters. The lowest BCUT2D eigenvalue weighted by Crippen LogP contribution is -2.33. The van der Waals surface area contributed by atoms with Crippen LogP contribution in [-0.4, -0.2) is 29.5 Å². The molecule has 0 bridgehead atoms. The zero-order chi connectivity index (χ0) is 12.8. The van der Waals surface area contributed by atoms with Crippen molar-refractivity contribution in [3.05, 3.63) is 16.4 Å². The Morgan fingerprint density at radius 1 is 1.53 bits per heavy atom. The van der Waals surface area contributed by atoms with Gasteiger partial charge in [-0.2, -0.15) is 5.10 Å². The molecule has 1 rings (SSSR count). The fourth-order valence-corrected chi connectivity index (χ4v) is 2.71. The van der Waals surface area contributed by atoms with Gasteiger partial charge in [-0.15, -0.1) is 0 Å². The van der Waals surface area contributed by atoms with Crippen LogP contribution in [0.3, 0.4) is 0 Å². The molecule has 5 heteroatoms. The third kappa shape index (κ3) is 3.53. The molecule has 1 heterocycles. The summed E-state index contributed by atoms with van der Waals surface area (Å²) in [6.07, 6.45) is 4.16. The topological polar surface area (TPSA) is 39.1 Å². The number of nitrogens with zero attached hydrogens (tertiary/aromatic N) is 2. The summed E-state index contributed by atoms with van der Waals surface area (Å²) in [5.41, 5.74) is 1.14. The molecular formula is C12H22BrN3O. The van der Waals surface area contributed by atoms with Gasteiger partial charge < -0.3 is 10.1 Å². The molecule has 0 radical (unpaired) electrons. The molecule has 1 N–H and O–H groups in total. The summed E-state index contributed by atoms with van der Waals surface area (Å²) >= 11 is 3.55. The molecule has 0 fully saturated rings. The van der Waals surface area contributed by atoms with E-state index in [1.165, 1.54) is 0 Å². The molecule has 1 aromatic heterocycles. The van der Waals surface area contributed by atoms with Crippen molar-refractivity contribution in [2.45, 2.75) is 38.8 Å². The number of ether oxygens (including phenoxy) is 1. The van der Waals surface area contributed by atoms with E-state index in [2.05, 4.69) is 33.3 Å². The molecule has 4 nitrogen and oxygen atoms in total. The second-order valence-electron chi connectivity index (χ2n) is 4.05. The Morgan fingerprint density at radius 2 is 2.24 bits per heavy atom. The largest absolute Gasteiger partial charge is 0.376 e. The van der Waals surface area contributed by atoms with Crippen molar-refractivity contribution in [3.8, 4) is 0 Å². The van der Waals surface area contributed by atoms with Crippen LogP contribution in [0.1, 0.15) is 38.4 Å². The average Bonchev–Trinajstić information content (AvgIpc) is 2.62. The fourth-order valence-electron chi connectivity index (χ4n) is 2.11. The molecule has 0 aliphatic rings. The van der Waals surface area contributed by atoms with E-state index in [-0.39, 0.29) is 12.1 Å². The van der Waals surface area contributed by atoms with Crippen LogP contribution >= 0.6 is 15.9 Å². The predicted molar refractivity (Wildman–Crippen MR) is 73.0 cm³/mol. The molecule has 0 aromatic carbocycles. The number of rotatable bonds is 7. The molecule has 0 aliphatic carbocycles. The van der Waals surface area contributed by atoms with Crippen LogP contribution in [0, 0.1) is 0 Å². The minimum absolute atomic E-state index is 0.164. The van der Waals surface area contributed by atoms with E-state index in [0.717, 1.165) is 29.6 Å². The van der Waals surface area contributed by atoms with Gasteiger partial charge in [-0.05, 0) is 36.3 Å². The molecule has 0 spiro atoms. The van der Waals surface area contributed by atoms with Crippen LogP contribution < -0.4 is 5.32 Å². The summed E-state index contributed by atoms with van der Waals surface area (Å²) in [6.45, 7) is 4.95. The summed E-state index contributed by atoms with van der Waals surface area (Å²) in [5.74, 6) is 0. The van der Waals surface area contributed by atoms with Crippen molar-refractivity contribution in [1.82, 2.24) is 15.1 Å².